The maximum absolute atomic E-state index is 6.12. The fourth-order valence-electron chi connectivity index (χ4n) is 4.11. The van der Waals surface area contributed by atoms with Gasteiger partial charge in [-0.05, 0) is 43.4 Å². The molecule has 0 aliphatic carbocycles. The molecule has 35 heavy (non-hydrogen) atoms. The van der Waals surface area contributed by atoms with E-state index in [1.165, 1.54) is 17.0 Å². The molecule has 0 saturated carbocycles. The molecule has 5 heterocycles. The molecule has 0 bridgehead atoms. The second-order valence-electron chi connectivity index (χ2n) is 8.40. The molecule has 0 spiro atoms. The van der Waals surface area contributed by atoms with Crippen LogP contribution in [0.5, 0.6) is 0 Å². The van der Waals surface area contributed by atoms with Gasteiger partial charge in [-0.1, -0.05) is 0 Å². The molecule has 5 aromatic rings. The van der Waals surface area contributed by atoms with Gasteiger partial charge in [0.15, 0.2) is 11.5 Å². The lowest BCUT2D eigenvalue weighted by Crippen LogP contribution is -2.44. The summed E-state index contributed by atoms with van der Waals surface area (Å²) in [4.78, 5) is 26.6. The van der Waals surface area contributed by atoms with Crippen molar-refractivity contribution >= 4 is 28.7 Å². The molecule has 0 atom stereocenters. The number of hydrogen-bond donors (Lipinski definition) is 2. The highest BCUT2D eigenvalue weighted by atomic mass is 32.1. The molecule has 176 valence electrons. The number of nitrogens with zero attached hydrogens (tertiary/aromatic N) is 6. The first kappa shape index (κ1) is 21.5. The number of anilines is 3. The molecule has 0 amide bonds. The van der Waals surface area contributed by atoms with Crippen LogP contribution in [-0.4, -0.2) is 63.0 Å². The first-order valence-electron chi connectivity index (χ1n) is 11.4. The molecule has 1 fully saturated rings. The zero-order valence-corrected chi connectivity index (χ0v) is 20.0. The number of benzene rings is 1. The molecule has 1 aromatic carbocycles. The van der Waals surface area contributed by atoms with Crippen molar-refractivity contribution in [1.82, 2.24) is 29.8 Å². The third-order valence-electron chi connectivity index (χ3n) is 6.07. The fraction of sp³-hybridized carbons (Fsp3) is 0.200. The molecule has 1 aliphatic rings. The van der Waals surface area contributed by atoms with Crippen LogP contribution >= 0.6 is 11.3 Å². The summed E-state index contributed by atoms with van der Waals surface area (Å²) in [5, 5.41) is 3.34. The summed E-state index contributed by atoms with van der Waals surface area (Å²) >= 11 is 1.54. The van der Waals surface area contributed by atoms with Gasteiger partial charge in [0.2, 0.25) is 5.95 Å². The Morgan fingerprint density at radius 3 is 2.54 bits per heavy atom. The van der Waals surface area contributed by atoms with E-state index in [0.29, 0.717) is 23.2 Å². The van der Waals surface area contributed by atoms with Crippen LogP contribution in [0.2, 0.25) is 0 Å². The van der Waals surface area contributed by atoms with E-state index in [1.807, 2.05) is 24.5 Å². The first-order chi connectivity index (χ1) is 17.2. The van der Waals surface area contributed by atoms with Crippen LogP contribution in [-0.2, 0) is 0 Å². The molecular formula is C25H24N8OS. The van der Waals surface area contributed by atoms with Crippen molar-refractivity contribution in [3.8, 4) is 33.3 Å². The Balaban J connectivity index is 1.28. The van der Waals surface area contributed by atoms with E-state index >= 15 is 0 Å². The van der Waals surface area contributed by atoms with Crippen molar-refractivity contribution in [2.75, 3.05) is 43.4 Å². The number of furan rings is 1. The second kappa shape index (κ2) is 9.32. The lowest BCUT2D eigenvalue weighted by Gasteiger charge is -2.34. The zero-order chi connectivity index (χ0) is 23.6. The summed E-state index contributed by atoms with van der Waals surface area (Å²) in [6.07, 6.45) is 7.05. The topological polar surface area (TPSA) is 99.0 Å². The van der Waals surface area contributed by atoms with Gasteiger partial charge in [0.1, 0.15) is 11.4 Å². The maximum Gasteiger partial charge on any atom is 0.227 e. The Morgan fingerprint density at radius 2 is 1.80 bits per heavy atom. The molecule has 0 unspecified atom stereocenters. The van der Waals surface area contributed by atoms with Gasteiger partial charge in [-0.3, -0.25) is 4.98 Å². The number of aromatic nitrogens is 5. The van der Waals surface area contributed by atoms with Gasteiger partial charge >= 0.3 is 0 Å². The monoisotopic (exact) mass is 484 g/mol. The van der Waals surface area contributed by atoms with Gasteiger partial charge in [0.25, 0.3) is 0 Å². The van der Waals surface area contributed by atoms with Crippen LogP contribution in [0.1, 0.15) is 0 Å². The molecule has 1 aliphatic heterocycles. The Labute approximate surface area is 206 Å². The lowest BCUT2D eigenvalue weighted by atomic mass is 10.1. The van der Waals surface area contributed by atoms with Gasteiger partial charge in [-0.15, -0.1) is 11.3 Å². The third kappa shape index (κ3) is 4.53. The highest BCUT2D eigenvalue weighted by Crippen LogP contribution is 2.35. The number of piperazine rings is 1. The maximum atomic E-state index is 6.12. The normalized spacial score (nSPS) is 14.4. The number of rotatable bonds is 6. The Hall–Kier alpha value is -4.02. The highest BCUT2D eigenvalue weighted by molar-refractivity contribution is 7.13. The van der Waals surface area contributed by atoms with E-state index in [1.54, 1.807) is 18.0 Å². The molecule has 1 saturated heterocycles. The van der Waals surface area contributed by atoms with E-state index < -0.39 is 0 Å². The van der Waals surface area contributed by atoms with E-state index in [0.717, 1.165) is 48.0 Å². The van der Waals surface area contributed by atoms with Crippen LogP contribution in [0.25, 0.3) is 33.3 Å². The Bertz CT molecular complexity index is 1390. The Kier molecular flexibility index (Phi) is 5.73. The number of thiazole rings is 1. The van der Waals surface area contributed by atoms with Crippen molar-refractivity contribution in [2.24, 2.45) is 0 Å². The fourth-order valence-corrected chi connectivity index (χ4v) is 4.74. The van der Waals surface area contributed by atoms with E-state index in [4.69, 9.17) is 9.40 Å². The summed E-state index contributed by atoms with van der Waals surface area (Å²) in [6.45, 7) is 4.24. The van der Waals surface area contributed by atoms with E-state index in [9.17, 15) is 0 Å². The van der Waals surface area contributed by atoms with Crippen LogP contribution in [0.15, 0.2) is 71.2 Å². The average Bonchev–Trinajstić information content (AvgIpc) is 3.68. The highest BCUT2D eigenvalue weighted by Gasteiger charge is 2.18. The van der Waals surface area contributed by atoms with Gasteiger partial charge in [-0.25, -0.2) is 15.0 Å². The van der Waals surface area contributed by atoms with E-state index in [-0.39, 0.29) is 0 Å². The van der Waals surface area contributed by atoms with Crippen molar-refractivity contribution < 1.29 is 4.42 Å². The number of likely N-dealkylation sites (N-methyl/N-ethyl adjacent to an activating group) is 1. The minimum atomic E-state index is 0.498. The van der Waals surface area contributed by atoms with Gasteiger partial charge < -0.3 is 24.5 Å². The molecule has 0 radical (unpaired) electrons. The van der Waals surface area contributed by atoms with Gasteiger partial charge in [0.05, 0.1) is 16.7 Å². The summed E-state index contributed by atoms with van der Waals surface area (Å²) < 4.78 is 6.12. The average molecular weight is 485 g/mol. The predicted octanol–water partition coefficient (Wildman–Crippen LogP) is 4.75. The van der Waals surface area contributed by atoms with Crippen molar-refractivity contribution in [2.45, 2.75) is 0 Å². The van der Waals surface area contributed by atoms with Gasteiger partial charge in [-0.2, -0.15) is 0 Å². The standard InChI is InChI=1S/C25H24N8OS/c1-32-8-10-33(11-9-32)18-4-2-17(3-5-18)30-25-28-12-19(23-14-27-16-35-23)24(31-25)22-7-6-21(34-22)20-13-26-15-29-20/h2-7,12-16H,8-11H2,1H3,(H,26,29)(H,28,30,31). The molecular weight excluding hydrogens is 460 g/mol. The van der Waals surface area contributed by atoms with Crippen LogP contribution in [0.3, 0.4) is 0 Å². The molecule has 2 N–H and O–H groups in total. The number of aromatic amines is 1. The number of H-pyrrole nitrogens is 1. The van der Waals surface area contributed by atoms with Crippen molar-refractivity contribution in [3.05, 3.63) is 66.8 Å². The smallest absolute Gasteiger partial charge is 0.227 e. The summed E-state index contributed by atoms with van der Waals surface area (Å²) in [6, 6.07) is 12.2. The third-order valence-corrected chi connectivity index (χ3v) is 6.87. The molecule has 10 heteroatoms. The molecule has 9 nitrogen and oxygen atoms in total. The lowest BCUT2D eigenvalue weighted by molar-refractivity contribution is 0.313. The SMILES string of the molecule is CN1CCN(c2ccc(Nc3ncc(-c4cncs4)c(-c4ccc(-c5c[nH]cn5)o4)n3)cc2)CC1. The molecule has 4 aromatic heterocycles. The Morgan fingerprint density at radius 1 is 0.971 bits per heavy atom. The van der Waals surface area contributed by atoms with Crippen LogP contribution in [0, 0.1) is 0 Å². The largest absolute Gasteiger partial charge is 0.453 e. The zero-order valence-electron chi connectivity index (χ0n) is 19.2. The second-order valence-corrected chi connectivity index (χ2v) is 9.29. The predicted molar refractivity (Wildman–Crippen MR) is 138 cm³/mol. The molecule has 6 rings (SSSR count). The quantitative estimate of drug-likeness (QED) is 0.356. The minimum Gasteiger partial charge on any atom is -0.453 e. The van der Waals surface area contributed by atoms with Crippen LogP contribution in [0.4, 0.5) is 17.3 Å². The number of imidazole rings is 1. The van der Waals surface area contributed by atoms with Crippen molar-refractivity contribution in [1.29, 1.82) is 0 Å². The van der Waals surface area contributed by atoms with E-state index in [2.05, 4.69) is 66.4 Å². The van der Waals surface area contributed by atoms with Crippen molar-refractivity contribution in [3.63, 3.8) is 0 Å². The summed E-state index contributed by atoms with van der Waals surface area (Å²) in [7, 11) is 2.17. The van der Waals surface area contributed by atoms with Crippen LogP contribution < -0.4 is 10.2 Å². The first-order valence-corrected chi connectivity index (χ1v) is 12.3. The van der Waals surface area contributed by atoms with Gasteiger partial charge in [0, 0.05) is 61.7 Å². The summed E-state index contributed by atoms with van der Waals surface area (Å²) in [5.41, 5.74) is 6.26. The minimum absolute atomic E-state index is 0.498. The number of hydrogen-bond acceptors (Lipinski definition) is 9. The summed E-state index contributed by atoms with van der Waals surface area (Å²) in [5.74, 6) is 1.81. The number of nitrogens with one attached hydrogen (secondary N) is 2.